The fourth-order valence-corrected chi connectivity index (χ4v) is 6.64. The van der Waals surface area contributed by atoms with Crippen molar-refractivity contribution in [3.05, 3.63) is 23.8 Å². The summed E-state index contributed by atoms with van der Waals surface area (Å²) < 4.78 is 15.7. The summed E-state index contributed by atoms with van der Waals surface area (Å²) in [4.78, 5) is 101. The minimum atomic E-state index is -2.01. The van der Waals surface area contributed by atoms with Gasteiger partial charge in [-0.3, -0.25) is 33.7 Å². The number of carbonyl (C=O) groups is 8. The molecule has 10 N–H and O–H groups in total. The summed E-state index contributed by atoms with van der Waals surface area (Å²) in [6.07, 6.45) is -8.09. The Kier molecular flexibility index (Phi) is 18.2. The van der Waals surface area contributed by atoms with Crippen LogP contribution in [0.5, 0.6) is 5.75 Å². The van der Waals surface area contributed by atoms with E-state index in [9.17, 15) is 58.8 Å². The van der Waals surface area contributed by atoms with E-state index in [0.29, 0.717) is 24.8 Å². The van der Waals surface area contributed by atoms with Gasteiger partial charge in [-0.1, -0.05) is 47.1 Å². The van der Waals surface area contributed by atoms with Crippen molar-refractivity contribution < 1.29 is 73.0 Å². The number of rotatable bonds is 22. The first-order chi connectivity index (χ1) is 28.2. The Morgan fingerprint density at radius 2 is 1.68 bits per heavy atom. The van der Waals surface area contributed by atoms with Crippen LogP contribution in [0.25, 0.3) is 0 Å². The highest BCUT2D eigenvalue weighted by atomic mass is 16.7. The van der Waals surface area contributed by atoms with E-state index in [2.05, 4.69) is 21.3 Å². The first-order valence-corrected chi connectivity index (χ1v) is 19.7. The fraction of sp³-hybridized carbons (Fsp3) is 0.641. The van der Waals surface area contributed by atoms with Crippen molar-refractivity contribution in [2.75, 3.05) is 18.4 Å². The Balaban J connectivity index is 1.72. The normalized spacial score (nSPS) is 22.7. The van der Waals surface area contributed by atoms with Gasteiger partial charge in [-0.2, -0.15) is 0 Å². The summed E-state index contributed by atoms with van der Waals surface area (Å²) in [6, 6.07) is 0.826. The SMILES string of the molecule is CC(C)[C@H](NC(=O)CCCCCN1C(=O)CC(C(C)(C)C)C1=O)C(=O)N[C@@H](CCCNC(N)=O)C(=O)Nc1ccc(COC=O)cc1OC1O[C@@H](C(=O)O)[C@H](O)[C@@H](O)[C@@H]1O. The number of carboxylic acid groups (broad SMARTS) is 1. The van der Waals surface area contributed by atoms with Crippen molar-refractivity contribution in [1.82, 2.24) is 20.9 Å². The number of unbranched alkanes of at least 4 members (excludes halogenated alkanes) is 2. The zero-order valence-electron chi connectivity index (χ0n) is 34.4. The number of aliphatic hydroxyl groups excluding tert-OH is 3. The number of carbonyl (C=O) groups excluding carboxylic acids is 7. The lowest BCUT2D eigenvalue weighted by Gasteiger charge is -2.38. The third kappa shape index (κ3) is 13.8. The van der Waals surface area contributed by atoms with Crippen molar-refractivity contribution >= 4 is 53.7 Å². The first kappa shape index (κ1) is 49.0. The fourth-order valence-electron chi connectivity index (χ4n) is 6.64. The number of nitrogens with one attached hydrogen (secondary N) is 4. The Morgan fingerprint density at radius 1 is 0.983 bits per heavy atom. The number of primary amides is 1. The number of likely N-dealkylation sites (tertiary alicyclic amines) is 1. The molecule has 0 saturated carbocycles. The van der Waals surface area contributed by atoms with Crippen LogP contribution in [0.2, 0.25) is 0 Å². The van der Waals surface area contributed by atoms with Gasteiger partial charge in [-0.25, -0.2) is 9.59 Å². The van der Waals surface area contributed by atoms with Gasteiger partial charge in [0.1, 0.15) is 42.8 Å². The standard InChI is InChI=1S/C39H58N6O15/c1-20(2)28(44-26(47)11-7-6-8-15-45-27(48)17-22(35(45)54)39(3,4)5)34(53)43-24(10-9-14-41-38(40)57)33(52)42-23-13-12-21(18-58-19-46)16-25(23)59-37-31(51)29(49)30(50)32(60-37)36(55)56/h12-13,16,19-20,22,24,28-32,37,49-51H,6-11,14-15,17-18H2,1-5H3,(H,42,52)(H,43,53)(H,44,47)(H,55,56)(H3,40,41,57)/t22?,24-,28-,29+,30+,31-,32+,37?/m0/s1. The van der Waals surface area contributed by atoms with Crippen molar-refractivity contribution in [3.63, 3.8) is 0 Å². The molecular formula is C39H58N6O15. The lowest BCUT2D eigenvalue weighted by atomic mass is 9.80. The number of amides is 7. The van der Waals surface area contributed by atoms with Gasteiger partial charge in [-0.15, -0.1) is 0 Å². The van der Waals surface area contributed by atoms with Crippen molar-refractivity contribution in [2.24, 2.45) is 23.0 Å². The molecule has 1 aromatic rings. The Bertz CT molecular complexity index is 1720. The predicted molar refractivity (Wildman–Crippen MR) is 209 cm³/mol. The van der Waals surface area contributed by atoms with Gasteiger partial charge in [0.2, 0.25) is 35.8 Å². The Morgan fingerprint density at radius 3 is 2.28 bits per heavy atom. The van der Waals surface area contributed by atoms with Crippen LogP contribution in [0.3, 0.4) is 0 Å². The van der Waals surface area contributed by atoms with E-state index in [1.807, 2.05) is 20.8 Å². The minimum Gasteiger partial charge on any atom is -0.479 e. The summed E-state index contributed by atoms with van der Waals surface area (Å²) in [5.74, 6) is -5.09. The summed E-state index contributed by atoms with van der Waals surface area (Å²) >= 11 is 0. The third-order valence-corrected chi connectivity index (χ3v) is 10.1. The van der Waals surface area contributed by atoms with E-state index in [-0.39, 0.29) is 86.4 Å². The molecule has 2 fully saturated rings. The highest BCUT2D eigenvalue weighted by Gasteiger charge is 2.48. The highest BCUT2D eigenvalue weighted by Crippen LogP contribution is 2.36. The van der Waals surface area contributed by atoms with Crippen LogP contribution >= 0.6 is 0 Å². The lowest BCUT2D eigenvalue weighted by molar-refractivity contribution is -0.271. The average molecular weight is 851 g/mol. The van der Waals surface area contributed by atoms with E-state index in [1.54, 1.807) is 13.8 Å². The molecule has 2 unspecified atom stereocenters. The van der Waals surface area contributed by atoms with Gasteiger partial charge in [0.15, 0.2) is 6.10 Å². The molecule has 1 aromatic carbocycles. The van der Waals surface area contributed by atoms with Gasteiger partial charge in [-0.05, 0) is 54.7 Å². The van der Waals surface area contributed by atoms with Crippen molar-refractivity contribution in [1.29, 1.82) is 0 Å². The van der Waals surface area contributed by atoms with Gasteiger partial charge in [0.25, 0.3) is 6.47 Å². The van der Waals surface area contributed by atoms with E-state index in [0.717, 1.165) is 0 Å². The van der Waals surface area contributed by atoms with Crippen LogP contribution in [-0.4, -0.2) is 129 Å². The molecule has 0 aliphatic carbocycles. The van der Waals surface area contributed by atoms with E-state index >= 15 is 0 Å². The maximum absolute atomic E-state index is 13.9. The molecule has 8 atom stereocenters. The maximum Gasteiger partial charge on any atom is 0.335 e. The molecule has 0 aromatic heterocycles. The lowest BCUT2D eigenvalue weighted by Crippen LogP contribution is -2.61. The number of nitrogens with two attached hydrogens (primary N) is 1. The first-order valence-electron chi connectivity index (χ1n) is 19.7. The van der Waals surface area contributed by atoms with Crippen molar-refractivity contribution in [3.8, 4) is 5.75 Å². The molecule has 0 bridgehead atoms. The number of aliphatic hydroxyl groups is 3. The molecule has 21 heteroatoms. The molecule has 334 valence electrons. The Labute approximate surface area is 347 Å². The molecular weight excluding hydrogens is 792 g/mol. The quantitative estimate of drug-likeness (QED) is 0.0408. The molecule has 0 spiro atoms. The number of nitrogens with zero attached hydrogens (tertiary/aromatic N) is 1. The molecule has 21 nitrogen and oxygen atoms in total. The largest absolute Gasteiger partial charge is 0.479 e. The smallest absolute Gasteiger partial charge is 0.335 e. The summed E-state index contributed by atoms with van der Waals surface area (Å²) in [5.41, 5.74) is 5.03. The molecule has 2 saturated heterocycles. The second-order valence-corrected chi connectivity index (χ2v) is 16.2. The average Bonchev–Trinajstić information content (AvgIpc) is 3.46. The number of urea groups is 1. The number of hydrogen-bond acceptors (Lipinski definition) is 14. The van der Waals surface area contributed by atoms with Gasteiger partial charge < -0.3 is 61.6 Å². The van der Waals surface area contributed by atoms with E-state index in [4.69, 9.17) is 19.9 Å². The monoisotopic (exact) mass is 850 g/mol. The summed E-state index contributed by atoms with van der Waals surface area (Å²) in [6.45, 7) is 9.33. The number of imide groups is 1. The van der Waals surface area contributed by atoms with Crippen LogP contribution in [-0.2, 0) is 49.6 Å². The van der Waals surface area contributed by atoms with Gasteiger partial charge in [0, 0.05) is 25.9 Å². The number of benzene rings is 1. The van der Waals surface area contributed by atoms with E-state index in [1.165, 1.54) is 23.1 Å². The molecule has 60 heavy (non-hydrogen) atoms. The molecule has 2 aliphatic rings. The van der Waals surface area contributed by atoms with Crippen LogP contribution in [0.1, 0.15) is 85.1 Å². The third-order valence-electron chi connectivity index (χ3n) is 10.1. The topological polar surface area (TPSA) is 323 Å². The number of ether oxygens (including phenoxy) is 3. The number of anilines is 1. The minimum absolute atomic E-state index is 0.0339. The van der Waals surface area contributed by atoms with Crippen molar-refractivity contribution in [2.45, 2.75) is 129 Å². The maximum atomic E-state index is 13.9. The second kappa shape index (κ2) is 22.3. The molecule has 7 amide bonds. The zero-order valence-corrected chi connectivity index (χ0v) is 34.4. The van der Waals surface area contributed by atoms with E-state index < -0.39 is 78.4 Å². The zero-order chi connectivity index (χ0) is 44.9. The highest BCUT2D eigenvalue weighted by molar-refractivity contribution is 6.04. The Hall–Kier alpha value is -5.38. The molecule has 3 rings (SSSR count). The molecule has 2 aliphatic heterocycles. The molecule has 2 heterocycles. The number of hydrogen-bond donors (Lipinski definition) is 9. The summed E-state index contributed by atoms with van der Waals surface area (Å²) in [7, 11) is 0. The van der Waals surface area contributed by atoms with Crippen LogP contribution in [0, 0.1) is 17.3 Å². The van der Waals surface area contributed by atoms with Crippen LogP contribution in [0.4, 0.5) is 10.5 Å². The number of aliphatic carboxylic acids is 1. The number of carboxylic acids is 1. The van der Waals surface area contributed by atoms with Crippen LogP contribution in [0.15, 0.2) is 18.2 Å². The van der Waals surface area contributed by atoms with Gasteiger partial charge in [0.05, 0.1) is 11.6 Å². The van der Waals surface area contributed by atoms with Gasteiger partial charge >= 0.3 is 12.0 Å². The molecule has 0 radical (unpaired) electrons. The predicted octanol–water partition coefficient (Wildman–Crippen LogP) is -0.375. The second-order valence-electron chi connectivity index (χ2n) is 16.2. The summed E-state index contributed by atoms with van der Waals surface area (Å²) in [5, 5.41) is 50.8. The van der Waals surface area contributed by atoms with Crippen LogP contribution < -0.4 is 31.7 Å².